The molecular weight excluding hydrogens is 248 g/mol. The molecule has 0 spiro atoms. The van der Waals surface area contributed by atoms with E-state index in [0.29, 0.717) is 12.3 Å². The molecule has 2 aromatic rings. The third-order valence-electron chi connectivity index (χ3n) is 2.48. The van der Waals surface area contributed by atoms with E-state index in [-0.39, 0.29) is 17.7 Å². The molecule has 98 valence electrons. The molecule has 0 saturated heterocycles. The lowest BCUT2D eigenvalue weighted by Crippen LogP contribution is -2.22. The standard InChI is InChI=1S/C13H12N2O4/c16-12-9-14-4-5-15(12)6-7-19-11-3-1-2-10(8-11)13(17)18/h1-5,8-9H,6-7H2,(H,17,18). The molecule has 0 radical (unpaired) electrons. The van der Waals surface area contributed by atoms with Crippen molar-refractivity contribution in [2.45, 2.75) is 6.54 Å². The predicted molar refractivity (Wildman–Crippen MR) is 67.4 cm³/mol. The molecule has 0 saturated carbocycles. The summed E-state index contributed by atoms with van der Waals surface area (Å²) in [5.74, 6) is -0.544. The molecular formula is C13H12N2O4. The van der Waals surface area contributed by atoms with Crippen molar-refractivity contribution in [3.05, 3.63) is 58.8 Å². The van der Waals surface area contributed by atoms with Crippen LogP contribution < -0.4 is 10.3 Å². The first-order chi connectivity index (χ1) is 9.16. The van der Waals surface area contributed by atoms with Crippen LogP contribution in [-0.4, -0.2) is 27.2 Å². The molecule has 1 aromatic carbocycles. The Morgan fingerprint density at radius 2 is 2.26 bits per heavy atom. The van der Waals surface area contributed by atoms with Crippen molar-refractivity contribution < 1.29 is 14.6 Å². The largest absolute Gasteiger partial charge is 0.492 e. The average Bonchev–Trinajstić information content (AvgIpc) is 2.41. The molecule has 1 aromatic heterocycles. The second-order valence-corrected chi connectivity index (χ2v) is 3.79. The van der Waals surface area contributed by atoms with Crippen LogP contribution in [0.1, 0.15) is 10.4 Å². The molecule has 0 aliphatic heterocycles. The van der Waals surface area contributed by atoms with Gasteiger partial charge in [-0.05, 0) is 18.2 Å². The van der Waals surface area contributed by atoms with Gasteiger partial charge in [0.1, 0.15) is 12.4 Å². The Bertz CT molecular complexity index is 636. The zero-order chi connectivity index (χ0) is 13.7. The van der Waals surface area contributed by atoms with Gasteiger partial charge in [-0.25, -0.2) is 4.79 Å². The number of aromatic carboxylic acids is 1. The number of hydrogen-bond acceptors (Lipinski definition) is 4. The Morgan fingerprint density at radius 3 is 3.00 bits per heavy atom. The van der Waals surface area contributed by atoms with Gasteiger partial charge in [0, 0.05) is 12.4 Å². The Morgan fingerprint density at radius 1 is 1.42 bits per heavy atom. The fraction of sp³-hybridized carbons (Fsp3) is 0.154. The van der Waals surface area contributed by atoms with Crippen LogP contribution in [-0.2, 0) is 6.54 Å². The fourth-order valence-electron chi connectivity index (χ4n) is 1.54. The zero-order valence-electron chi connectivity index (χ0n) is 10.0. The lowest BCUT2D eigenvalue weighted by molar-refractivity contribution is 0.0696. The molecule has 6 heteroatoms. The molecule has 0 bridgehead atoms. The highest BCUT2D eigenvalue weighted by molar-refractivity contribution is 5.87. The monoisotopic (exact) mass is 260 g/mol. The number of rotatable bonds is 5. The minimum absolute atomic E-state index is 0.165. The van der Waals surface area contributed by atoms with Crippen molar-refractivity contribution in [1.29, 1.82) is 0 Å². The van der Waals surface area contributed by atoms with Crippen molar-refractivity contribution in [2.24, 2.45) is 0 Å². The van der Waals surface area contributed by atoms with E-state index in [9.17, 15) is 9.59 Å². The molecule has 0 amide bonds. The molecule has 0 aliphatic rings. The number of benzene rings is 1. The van der Waals surface area contributed by atoms with Crippen LogP contribution >= 0.6 is 0 Å². The van der Waals surface area contributed by atoms with Gasteiger partial charge in [0.15, 0.2) is 0 Å². The summed E-state index contributed by atoms with van der Waals surface area (Å²) in [6.07, 6.45) is 4.32. The molecule has 19 heavy (non-hydrogen) atoms. The van der Waals surface area contributed by atoms with Gasteiger partial charge in [-0.2, -0.15) is 0 Å². The van der Waals surface area contributed by atoms with Crippen LogP contribution in [0.5, 0.6) is 5.75 Å². The number of carbonyl (C=O) groups is 1. The molecule has 1 N–H and O–H groups in total. The van der Waals surface area contributed by atoms with Gasteiger partial charge < -0.3 is 14.4 Å². The molecule has 0 atom stereocenters. The number of carboxylic acid groups (broad SMARTS) is 1. The van der Waals surface area contributed by atoms with Crippen LogP contribution in [0.3, 0.4) is 0 Å². The Hall–Kier alpha value is -2.63. The average molecular weight is 260 g/mol. The fourth-order valence-corrected chi connectivity index (χ4v) is 1.54. The molecule has 0 aliphatic carbocycles. The predicted octanol–water partition coefficient (Wildman–Crippen LogP) is 1.02. The quantitative estimate of drug-likeness (QED) is 0.868. The SMILES string of the molecule is O=C(O)c1cccc(OCCn2ccncc2=O)c1. The summed E-state index contributed by atoms with van der Waals surface area (Å²) >= 11 is 0. The van der Waals surface area contributed by atoms with Gasteiger partial charge in [-0.3, -0.25) is 9.78 Å². The Labute approximate surface area is 108 Å². The van der Waals surface area contributed by atoms with Gasteiger partial charge >= 0.3 is 5.97 Å². The molecule has 0 fully saturated rings. The second-order valence-electron chi connectivity index (χ2n) is 3.79. The van der Waals surface area contributed by atoms with Crippen molar-refractivity contribution >= 4 is 5.97 Å². The van der Waals surface area contributed by atoms with Gasteiger partial charge in [0.05, 0.1) is 18.3 Å². The zero-order valence-corrected chi connectivity index (χ0v) is 10.0. The van der Waals surface area contributed by atoms with Crippen molar-refractivity contribution in [1.82, 2.24) is 9.55 Å². The highest BCUT2D eigenvalue weighted by Gasteiger charge is 2.03. The lowest BCUT2D eigenvalue weighted by Gasteiger charge is -2.08. The van der Waals surface area contributed by atoms with E-state index in [1.165, 1.54) is 29.1 Å². The topological polar surface area (TPSA) is 81.4 Å². The van der Waals surface area contributed by atoms with Gasteiger partial charge in [-0.15, -0.1) is 0 Å². The minimum atomic E-state index is -1.00. The summed E-state index contributed by atoms with van der Waals surface area (Å²) in [6.45, 7) is 0.644. The first-order valence-electron chi connectivity index (χ1n) is 5.63. The summed E-state index contributed by atoms with van der Waals surface area (Å²) in [6, 6.07) is 6.21. The van der Waals surface area contributed by atoms with Crippen molar-refractivity contribution in [3.63, 3.8) is 0 Å². The van der Waals surface area contributed by atoms with E-state index in [0.717, 1.165) is 0 Å². The highest BCUT2D eigenvalue weighted by Crippen LogP contribution is 2.13. The van der Waals surface area contributed by atoms with Gasteiger partial charge in [0.2, 0.25) is 0 Å². The number of carboxylic acids is 1. The van der Waals surface area contributed by atoms with Crippen LogP contribution in [0.2, 0.25) is 0 Å². The van der Waals surface area contributed by atoms with E-state index in [4.69, 9.17) is 9.84 Å². The Balaban J connectivity index is 1.96. The molecule has 6 nitrogen and oxygen atoms in total. The summed E-state index contributed by atoms with van der Waals surface area (Å²) < 4.78 is 6.88. The second kappa shape index (κ2) is 5.81. The molecule has 0 unspecified atom stereocenters. The van der Waals surface area contributed by atoms with E-state index in [1.54, 1.807) is 18.3 Å². The number of hydrogen-bond donors (Lipinski definition) is 1. The van der Waals surface area contributed by atoms with Crippen LogP contribution in [0.15, 0.2) is 47.7 Å². The third kappa shape index (κ3) is 3.41. The first kappa shape index (κ1) is 12.8. The third-order valence-corrected chi connectivity index (χ3v) is 2.48. The van der Waals surface area contributed by atoms with Crippen LogP contribution in [0.25, 0.3) is 0 Å². The van der Waals surface area contributed by atoms with E-state index in [2.05, 4.69) is 4.98 Å². The van der Waals surface area contributed by atoms with Gasteiger partial charge in [0.25, 0.3) is 5.56 Å². The normalized spacial score (nSPS) is 10.1. The van der Waals surface area contributed by atoms with E-state index < -0.39 is 5.97 Å². The van der Waals surface area contributed by atoms with Gasteiger partial charge in [-0.1, -0.05) is 6.07 Å². The molecule has 2 rings (SSSR count). The summed E-state index contributed by atoms with van der Waals surface area (Å²) in [4.78, 5) is 25.9. The maximum atomic E-state index is 11.4. The van der Waals surface area contributed by atoms with Crippen molar-refractivity contribution in [3.8, 4) is 5.75 Å². The maximum Gasteiger partial charge on any atom is 0.335 e. The maximum absolute atomic E-state index is 11.4. The van der Waals surface area contributed by atoms with E-state index in [1.807, 2.05) is 0 Å². The number of aromatic nitrogens is 2. The highest BCUT2D eigenvalue weighted by atomic mass is 16.5. The summed E-state index contributed by atoms with van der Waals surface area (Å²) in [7, 11) is 0. The molecule has 1 heterocycles. The summed E-state index contributed by atoms with van der Waals surface area (Å²) in [5, 5.41) is 8.84. The smallest absolute Gasteiger partial charge is 0.335 e. The van der Waals surface area contributed by atoms with Crippen LogP contribution in [0, 0.1) is 0 Å². The number of ether oxygens (including phenoxy) is 1. The van der Waals surface area contributed by atoms with Crippen molar-refractivity contribution in [2.75, 3.05) is 6.61 Å². The summed E-state index contributed by atoms with van der Waals surface area (Å²) in [5.41, 5.74) is -0.0380. The minimum Gasteiger partial charge on any atom is -0.492 e. The van der Waals surface area contributed by atoms with E-state index >= 15 is 0 Å². The first-order valence-corrected chi connectivity index (χ1v) is 5.63. The lowest BCUT2D eigenvalue weighted by atomic mass is 10.2. The van der Waals surface area contributed by atoms with Crippen LogP contribution in [0.4, 0.5) is 0 Å². The number of nitrogens with zero attached hydrogens (tertiary/aromatic N) is 2. The Kier molecular flexibility index (Phi) is 3.92.